The van der Waals surface area contributed by atoms with E-state index >= 15 is 0 Å². The molecular formula is C69H135NO4. The van der Waals surface area contributed by atoms with E-state index in [4.69, 9.17) is 0 Å². The van der Waals surface area contributed by atoms with Gasteiger partial charge in [-0.25, -0.2) is 0 Å². The van der Waals surface area contributed by atoms with Crippen LogP contribution >= 0.6 is 0 Å². The number of hydrogen-bond donors (Lipinski definition) is 4. The van der Waals surface area contributed by atoms with Gasteiger partial charge in [0.2, 0.25) is 5.91 Å². The maximum atomic E-state index is 12.6. The highest BCUT2D eigenvalue weighted by molar-refractivity contribution is 5.80. The summed E-state index contributed by atoms with van der Waals surface area (Å²) in [5, 5.41) is 33.7. The molecule has 1 amide bonds. The third-order valence-electron chi connectivity index (χ3n) is 16.3. The first-order chi connectivity index (χ1) is 36.6. The lowest BCUT2D eigenvalue weighted by Crippen LogP contribution is -2.49. The summed E-state index contributed by atoms with van der Waals surface area (Å²) in [6.45, 7) is 4.28. The lowest BCUT2D eigenvalue weighted by atomic mass is 10.0. The number of rotatable bonds is 64. The molecule has 0 aliphatic heterocycles. The summed E-state index contributed by atoms with van der Waals surface area (Å²) < 4.78 is 0. The SMILES string of the molecule is CCCCCCCCCCCCCCC/C=C\C/C=C\CCCCCCCCCCCCCCCCCCC(O)C(=O)NC(CO)C(O)CCCCCCCCCCCCCCCCCCCCCCCCCC. The highest BCUT2D eigenvalue weighted by atomic mass is 16.3. The number of allylic oxidation sites excluding steroid dienone is 4. The summed E-state index contributed by atoms with van der Waals surface area (Å²) >= 11 is 0. The summed E-state index contributed by atoms with van der Waals surface area (Å²) in [5.41, 5.74) is 0. The van der Waals surface area contributed by atoms with Crippen LogP contribution in [0.25, 0.3) is 0 Å². The van der Waals surface area contributed by atoms with Crippen molar-refractivity contribution < 1.29 is 20.1 Å². The first-order valence-electron chi connectivity index (χ1n) is 34.1. The Labute approximate surface area is 464 Å². The molecule has 0 spiro atoms. The fourth-order valence-corrected chi connectivity index (χ4v) is 11.1. The Balaban J connectivity index is 3.47. The second-order valence-corrected chi connectivity index (χ2v) is 23.7. The van der Waals surface area contributed by atoms with Crippen molar-refractivity contribution in [3.63, 3.8) is 0 Å². The molecule has 3 atom stereocenters. The lowest BCUT2D eigenvalue weighted by Gasteiger charge is -2.23. The molecule has 3 unspecified atom stereocenters. The first-order valence-corrected chi connectivity index (χ1v) is 34.1. The van der Waals surface area contributed by atoms with Gasteiger partial charge in [-0.2, -0.15) is 0 Å². The molecule has 0 radical (unpaired) electrons. The van der Waals surface area contributed by atoms with Gasteiger partial charge in [-0.15, -0.1) is 0 Å². The van der Waals surface area contributed by atoms with Crippen molar-refractivity contribution in [2.24, 2.45) is 0 Å². The standard InChI is InChI=1S/C69H135NO4/c1-3-5-7-9-11-13-15-17-19-21-23-25-27-29-30-31-32-33-34-35-36-37-38-39-40-42-44-46-48-50-52-54-56-58-60-62-64-68(73)69(74)70-66(65-71)67(72)63-61-59-57-55-53-51-49-47-45-43-41-28-26-24-22-20-18-16-14-12-10-8-6-4-2/h30-31,33-34,66-68,71-73H,3-29,32,35-65H2,1-2H3,(H,70,74)/b31-30-,34-33-. The monoisotopic (exact) mass is 1040 g/mol. The van der Waals surface area contributed by atoms with Crippen LogP contribution < -0.4 is 5.32 Å². The second kappa shape index (κ2) is 64.4. The molecule has 5 nitrogen and oxygen atoms in total. The fourth-order valence-electron chi connectivity index (χ4n) is 11.1. The highest BCUT2D eigenvalue weighted by Gasteiger charge is 2.23. The van der Waals surface area contributed by atoms with Gasteiger partial charge in [0.15, 0.2) is 0 Å². The van der Waals surface area contributed by atoms with Gasteiger partial charge in [0.05, 0.1) is 18.8 Å². The molecule has 440 valence electrons. The molecule has 5 heteroatoms. The van der Waals surface area contributed by atoms with Crippen LogP contribution in [0, 0.1) is 0 Å². The largest absolute Gasteiger partial charge is 0.394 e. The fraction of sp³-hybridized carbons (Fsp3) is 0.928. The third kappa shape index (κ3) is 58.5. The number of nitrogens with one attached hydrogen (secondary N) is 1. The maximum absolute atomic E-state index is 12.6. The van der Waals surface area contributed by atoms with E-state index in [2.05, 4.69) is 43.5 Å². The van der Waals surface area contributed by atoms with Crippen molar-refractivity contribution in [1.29, 1.82) is 0 Å². The van der Waals surface area contributed by atoms with Crippen LogP contribution in [0.15, 0.2) is 24.3 Å². The van der Waals surface area contributed by atoms with Crippen molar-refractivity contribution >= 4 is 5.91 Å². The van der Waals surface area contributed by atoms with Gasteiger partial charge in [0.1, 0.15) is 6.10 Å². The minimum absolute atomic E-state index is 0.310. The van der Waals surface area contributed by atoms with E-state index in [9.17, 15) is 20.1 Å². The Hall–Kier alpha value is -1.17. The van der Waals surface area contributed by atoms with Crippen molar-refractivity contribution in [2.75, 3.05) is 6.61 Å². The summed E-state index contributed by atoms with van der Waals surface area (Å²) in [6, 6.07) is -0.712. The van der Waals surface area contributed by atoms with E-state index in [1.807, 2.05) is 0 Å². The smallest absolute Gasteiger partial charge is 0.249 e. The summed E-state index contributed by atoms with van der Waals surface area (Å²) in [6.07, 6.45) is 84.2. The van der Waals surface area contributed by atoms with Crippen LogP contribution in [-0.4, -0.2) is 46.1 Å². The van der Waals surface area contributed by atoms with Gasteiger partial charge in [0, 0.05) is 0 Å². The van der Waals surface area contributed by atoms with E-state index in [1.54, 1.807) is 0 Å². The van der Waals surface area contributed by atoms with Crippen LogP contribution in [-0.2, 0) is 4.79 Å². The number of amides is 1. The van der Waals surface area contributed by atoms with E-state index in [0.29, 0.717) is 12.8 Å². The second-order valence-electron chi connectivity index (χ2n) is 23.7. The molecule has 0 aliphatic rings. The van der Waals surface area contributed by atoms with Crippen LogP contribution in [0.3, 0.4) is 0 Å². The molecule has 0 heterocycles. The molecule has 4 N–H and O–H groups in total. The molecule has 74 heavy (non-hydrogen) atoms. The molecule has 0 saturated heterocycles. The van der Waals surface area contributed by atoms with Gasteiger partial charge in [-0.1, -0.05) is 366 Å². The van der Waals surface area contributed by atoms with Gasteiger partial charge in [-0.05, 0) is 44.9 Å². The van der Waals surface area contributed by atoms with Gasteiger partial charge in [-0.3, -0.25) is 4.79 Å². The lowest BCUT2D eigenvalue weighted by molar-refractivity contribution is -0.131. The third-order valence-corrected chi connectivity index (χ3v) is 16.3. The number of aliphatic hydroxyl groups excluding tert-OH is 3. The van der Waals surface area contributed by atoms with Crippen molar-refractivity contribution in [1.82, 2.24) is 5.32 Å². The van der Waals surface area contributed by atoms with E-state index in [0.717, 1.165) is 38.5 Å². The minimum Gasteiger partial charge on any atom is -0.394 e. The summed E-state index contributed by atoms with van der Waals surface area (Å²) in [7, 11) is 0. The Bertz CT molecular complexity index is 1110. The number of hydrogen-bond acceptors (Lipinski definition) is 4. The summed E-state index contributed by atoms with van der Waals surface area (Å²) in [5.74, 6) is -0.463. The number of unbranched alkanes of at least 4 members (excludes halogenated alkanes) is 52. The molecule has 0 aromatic heterocycles. The van der Waals surface area contributed by atoms with Crippen LogP contribution in [0.5, 0.6) is 0 Å². The molecule has 0 aliphatic carbocycles. The van der Waals surface area contributed by atoms with Crippen molar-refractivity contribution in [2.45, 2.75) is 405 Å². The molecule has 0 bridgehead atoms. The van der Waals surface area contributed by atoms with E-state index < -0.39 is 24.2 Å². The van der Waals surface area contributed by atoms with Crippen LogP contribution in [0.4, 0.5) is 0 Å². The van der Waals surface area contributed by atoms with Crippen LogP contribution in [0.1, 0.15) is 386 Å². The van der Waals surface area contributed by atoms with Gasteiger partial charge < -0.3 is 20.6 Å². The Morgan fingerprint density at radius 3 is 0.811 bits per heavy atom. The van der Waals surface area contributed by atoms with Gasteiger partial charge in [0.25, 0.3) is 0 Å². The minimum atomic E-state index is -1.08. The van der Waals surface area contributed by atoms with Crippen molar-refractivity contribution in [3.05, 3.63) is 24.3 Å². The highest BCUT2D eigenvalue weighted by Crippen LogP contribution is 2.19. The summed E-state index contributed by atoms with van der Waals surface area (Å²) in [4.78, 5) is 12.6. The predicted octanol–water partition coefficient (Wildman–Crippen LogP) is 22.0. The molecule has 0 aromatic rings. The predicted molar refractivity (Wildman–Crippen MR) is 328 cm³/mol. The van der Waals surface area contributed by atoms with E-state index in [-0.39, 0.29) is 6.61 Å². The van der Waals surface area contributed by atoms with Crippen LogP contribution in [0.2, 0.25) is 0 Å². The average Bonchev–Trinajstić information content (AvgIpc) is 3.41. The zero-order chi connectivity index (χ0) is 53.6. The topological polar surface area (TPSA) is 89.8 Å². The Morgan fingerprint density at radius 2 is 0.554 bits per heavy atom. The first kappa shape index (κ1) is 72.8. The van der Waals surface area contributed by atoms with Gasteiger partial charge >= 0.3 is 0 Å². The zero-order valence-electron chi connectivity index (χ0n) is 50.5. The molecular weight excluding hydrogens is 907 g/mol. The maximum Gasteiger partial charge on any atom is 0.249 e. The Morgan fingerprint density at radius 1 is 0.324 bits per heavy atom. The molecule has 0 saturated carbocycles. The molecule has 0 aromatic carbocycles. The number of carbonyl (C=O) groups is 1. The number of carbonyl (C=O) groups excluding carboxylic acids is 1. The molecule has 0 rings (SSSR count). The van der Waals surface area contributed by atoms with E-state index in [1.165, 1.54) is 321 Å². The quantitative estimate of drug-likeness (QED) is 0.0361. The number of aliphatic hydroxyl groups is 3. The van der Waals surface area contributed by atoms with Crippen molar-refractivity contribution in [3.8, 4) is 0 Å². The Kier molecular flexibility index (Phi) is 63.3. The normalized spacial score (nSPS) is 13.2. The molecule has 0 fully saturated rings. The zero-order valence-corrected chi connectivity index (χ0v) is 50.5. The average molecular weight is 1040 g/mol.